The summed E-state index contributed by atoms with van der Waals surface area (Å²) >= 11 is 0. The number of carbonyl (C=O) groups is 2. The van der Waals surface area contributed by atoms with Gasteiger partial charge in [-0.15, -0.1) is 0 Å². The molecule has 2 fully saturated rings. The van der Waals surface area contributed by atoms with Gasteiger partial charge in [-0.05, 0) is 50.9 Å². The summed E-state index contributed by atoms with van der Waals surface area (Å²) in [5, 5.41) is 0.912. The fourth-order valence-electron chi connectivity index (χ4n) is 4.65. The number of hydrogen-bond donors (Lipinski definition) is 1. The maximum atomic E-state index is 13.0. The van der Waals surface area contributed by atoms with Crippen molar-refractivity contribution in [2.75, 3.05) is 32.7 Å². The van der Waals surface area contributed by atoms with Crippen LogP contribution < -0.4 is 5.73 Å². The third-order valence-corrected chi connectivity index (χ3v) is 6.24. The summed E-state index contributed by atoms with van der Waals surface area (Å²) in [6.45, 7) is 3.92. The van der Waals surface area contributed by atoms with Crippen molar-refractivity contribution >= 4 is 22.7 Å². The van der Waals surface area contributed by atoms with E-state index in [1.165, 1.54) is 25.7 Å². The van der Waals surface area contributed by atoms with E-state index >= 15 is 0 Å². The molecule has 2 aliphatic rings. The van der Waals surface area contributed by atoms with Crippen LogP contribution in [0.15, 0.2) is 30.3 Å². The van der Waals surface area contributed by atoms with Gasteiger partial charge in [-0.1, -0.05) is 31.0 Å². The van der Waals surface area contributed by atoms with Crippen LogP contribution in [0.4, 0.5) is 0 Å². The zero-order valence-corrected chi connectivity index (χ0v) is 17.0. The molecule has 0 bridgehead atoms. The molecule has 1 aromatic heterocycles. The molecule has 2 saturated heterocycles. The molecule has 3 heterocycles. The second kappa shape index (κ2) is 8.91. The number of likely N-dealkylation sites (tertiary alicyclic amines) is 2. The van der Waals surface area contributed by atoms with E-state index < -0.39 is 5.91 Å². The standard InChI is InChI=1S/C23H30N4O2/c24-23(29)19-14-17-8-3-4-10-20(17)25-22(19)18-9-7-13-27(15-18)21(28)16-26-11-5-1-2-6-12-26/h3-4,8,10,14,18H,1-2,5-7,9,11-13,15-16H2,(H2,24,29)/t18-/m1/s1. The average molecular weight is 395 g/mol. The molecule has 0 aliphatic carbocycles. The van der Waals surface area contributed by atoms with E-state index in [0.29, 0.717) is 18.7 Å². The van der Waals surface area contributed by atoms with Gasteiger partial charge in [-0.25, -0.2) is 0 Å². The first kappa shape index (κ1) is 19.8. The van der Waals surface area contributed by atoms with E-state index in [2.05, 4.69) is 4.90 Å². The summed E-state index contributed by atoms with van der Waals surface area (Å²) in [6.07, 6.45) is 6.72. The number of amides is 2. The first-order chi connectivity index (χ1) is 14.1. The largest absolute Gasteiger partial charge is 0.366 e. The summed E-state index contributed by atoms with van der Waals surface area (Å²) in [5.41, 5.74) is 7.76. The van der Waals surface area contributed by atoms with E-state index in [4.69, 9.17) is 10.7 Å². The van der Waals surface area contributed by atoms with Gasteiger partial charge in [0.1, 0.15) is 0 Å². The summed E-state index contributed by atoms with van der Waals surface area (Å²) in [4.78, 5) is 34.1. The lowest BCUT2D eigenvalue weighted by Gasteiger charge is -2.34. The Kier molecular flexibility index (Phi) is 6.09. The Morgan fingerprint density at radius 1 is 1.03 bits per heavy atom. The Morgan fingerprint density at radius 2 is 1.79 bits per heavy atom. The number of para-hydroxylation sites is 1. The first-order valence-corrected chi connectivity index (χ1v) is 10.8. The summed E-state index contributed by atoms with van der Waals surface area (Å²) in [6, 6.07) is 9.61. The molecule has 154 valence electrons. The number of rotatable bonds is 4. The maximum Gasteiger partial charge on any atom is 0.250 e. The Hall–Kier alpha value is -2.47. The monoisotopic (exact) mass is 394 g/mol. The average Bonchev–Trinajstić information content (AvgIpc) is 3.01. The quantitative estimate of drug-likeness (QED) is 0.865. The second-order valence-corrected chi connectivity index (χ2v) is 8.35. The summed E-state index contributed by atoms with van der Waals surface area (Å²) < 4.78 is 0. The Morgan fingerprint density at radius 3 is 2.55 bits per heavy atom. The Bertz CT molecular complexity index is 890. The van der Waals surface area contributed by atoms with Crippen molar-refractivity contribution < 1.29 is 9.59 Å². The van der Waals surface area contributed by atoms with Crippen LogP contribution in [0.3, 0.4) is 0 Å². The third-order valence-electron chi connectivity index (χ3n) is 6.24. The zero-order valence-electron chi connectivity index (χ0n) is 17.0. The molecule has 0 unspecified atom stereocenters. The van der Waals surface area contributed by atoms with Crippen molar-refractivity contribution in [3.8, 4) is 0 Å². The second-order valence-electron chi connectivity index (χ2n) is 8.35. The highest BCUT2D eigenvalue weighted by Crippen LogP contribution is 2.30. The summed E-state index contributed by atoms with van der Waals surface area (Å²) in [5.74, 6) is -0.215. The highest BCUT2D eigenvalue weighted by Gasteiger charge is 2.29. The van der Waals surface area contributed by atoms with Gasteiger partial charge in [0.15, 0.2) is 0 Å². The van der Waals surface area contributed by atoms with Crippen molar-refractivity contribution in [1.82, 2.24) is 14.8 Å². The number of piperidine rings is 1. The van der Waals surface area contributed by atoms with Crippen LogP contribution in [0, 0.1) is 0 Å². The number of primary amides is 1. The molecular weight excluding hydrogens is 364 g/mol. The van der Waals surface area contributed by atoms with Crippen molar-refractivity contribution in [2.24, 2.45) is 5.73 Å². The molecular formula is C23H30N4O2. The molecule has 0 spiro atoms. The van der Waals surface area contributed by atoms with Crippen LogP contribution >= 0.6 is 0 Å². The smallest absolute Gasteiger partial charge is 0.250 e. The van der Waals surface area contributed by atoms with Crippen LogP contribution in [-0.4, -0.2) is 59.3 Å². The van der Waals surface area contributed by atoms with Crippen LogP contribution in [0.1, 0.15) is 60.5 Å². The molecule has 6 nitrogen and oxygen atoms in total. The maximum absolute atomic E-state index is 13.0. The lowest BCUT2D eigenvalue weighted by atomic mass is 9.90. The third kappa shape index (κ3) is 4.58. The van der Waals surface area contributed by atoms with Gasteiger partial charge in [0.2, 0.25) is 5.91 Å². The number of pyridine rings is 1. The SMILES string of the molecule is NC(=O)c1cc2ccccc2nc1[C@@H]1CCCN(C(=O)CN2CCCCCC2)C1. The van der Waals surface area contributed by atoms with Crippen molar-refractivity contribution in [1.29, 1.82) is 0 Å². The lowest BCUT2D eigenvalue weighted by molar-refractivity contribution is -0.133. The van der Waals surface area contributed by atoms with Gasteiger partial charge < -0.3 is 10.6 Å². The molecule has 2 amide bonds. The molecule has 29 heavy (non-hydrogen) atoms. The van der Waals surface area contributed by atoms with Gasteiger partial charge in [0.25, 0.3) is 5.91 Å². The van der Waals surface area contributed by atoms with E-state index in [1.54, 1.807) is 0 Å². The van der Waals surface area contributed by atoms with Gasteiger partial charge >= 0.3 is 0 Å². The highest BCUT2D eigenvalue weighted by atomic mass is 16.2. The predicted octanol–water partition coefficient (Wildman–Crippen LogP) is 2.92. The first-order valence-electron chi connectivity index (χ1n) is 10.8. The molecule has 2 N–H and O–H groups in total. The molecule has 1 atom stereocenters. The fraction of sp³-hybridized carbons (Fsp3) is 0.522. The number of benzene rings is 1. The zero-order chi connectivity index (χ0) is 20.2. The van der Waals surface area contributed by atoms with Crippen LogP contribution in [0.5, 0.6) is 0 Å². The molecule has 1 aromatic carbocycles. The Labute approximate surface area is 172 Å². The molecule has 6 heteroatoms. The number of aromatic nitrogens is 1. The molecule has 2 aliphatic heterocycles. The van der Waals surface area contributed by atoms with E-state index in [9.17, 15) is 9.59 Å². The molecule has 4 rings (SSSR count). The van der Waals surface area contributed by atoms with Gasteiger partial charge in [-0.2, -0.15) is 0 Å². The number of fused-ring (bicyclic) bond motifs is 1. The molecule has 0 saturated carbocycles. The lowest BCUT2D eigenvalue weighted by Crippen LogP contribution is -2.45. The van der Waals surface area contributed by atoms with E-state index in [-0.39, 0.29) is 11.8 Å². The number of nitrogens with two attached hydrogens (primary N) is 1. The van der Waals surface area contributed by atoms with Crippen LogP contribution in [0.25, 0.3) is 10.9 Å². The fourth-order valence-corrected chi connectivity index (χ4v) is 4.65. The highest BCUT2D eigenvalue weighted by molar-refractivity contribution is 5.97. The van der Waals surface area contributed by atoms with Gasteiger partial charge in [0, 0.05) is 24.4 Å². The topological polar surface area (TPSA) is 79.5 Å². The van der Waals surface area contributed by atoms with Crippen molar-refractivity contribution in [3.05, 3.63) is 41.6 Å². The number of nitrogens with zero attached hydrogens (tertiary/aromatic N) is 3. The minimum atomic E-state index is -0.453. The molecule has 0 radical (unpaired) electrons. The normalized spacial score (nSPS) is 21.1. The number of carbonyl (C=O) groups excluding carboxylic acids is 2. The number of hydrogen-bond acceptors (Lipinski definition) is 4. The van der Waals surface area contributed by atoms with Gasteiger partial charge in [0.05, 0.1) is 23.3 Å². The van der Waals surface area contributed by atoms with E-state index in [1.807, 2.05) is 35.2 Å². The van der Waals surface area contributed by atoms with E-state index in [0.717, 1.165) is 49.1 Å². The van der Waals surface area contributed by atoms with Crippen LogP contribution in [-0.2, 0) is 4.79 Å². The van der Waals surface area contributed by atoms with Gasteiger partial charge in [-0.3, -0.25) is 19.5 Å². The summed E-state index contributed by atoms with van der Waals surface area (Å²) in [7, 11) is 0. The van der Waals surface area contributed by atoms with Crippen molar-refractivity contribution in [2.45, 2.75) is 44.4 Å². The Balaban J connectivity index is 1.52. The predicted molar refractivity (Wildman–Crippen MR) is 114 cm³/mol. The minimum Gasteiger partial charge on any atom is -0.366 e. The molecule has 2 aromatic rings. The van der Waals surface area contributed by atoms with Crippen molar-refractivity contribution in [3.63, 3.8) is 0 Å². The van der Waals surface area contributed by atoms with Crippen LogP contribution in [0.2, 0.25) is 0 Å². The minimum absolute atomic E-state index is 0.0453.